The summed E-state index contributed by atoms with van der Waals surface area (Å²) in [4.78, 5) is 41.8. The predicted molar refractivity (Wildman–Crippen MR) is 113 cm³/mol. The minimum Gasteiger partial charge on any atom is -0.469 e. The maximum Gasteiger partial charge on any atom is 0.311 e. The highest BCUT2D eigenvalue weighted by atomic mass is 16.5. The number of ether oxygens (including phenoxy) is 1. The summed E-state index contributed by atoms with van der Waals surface area (Å²) in [6, 6.07) is 9.47. The summed E-state index contributed by atoms with van der Waals surface area (Å²) in [5, 5.41) is 4.22. The number of hydrogen-bond donors (Lipinski definition) is 0. The molecule has 3 heterocycles. The number of carbonyl (C=O) groups is 3. The molecule has 2 amide bonds. The van der Waals surface area contributed by atoms with Crippen LogP contribution in [-0.2, 0) is 20.9 Å². The molecule has 4 rings (SSSR count). The Kier molecular flexibility index (Phi) is 5.80. The number of hydrogen-bond acceptors (Lipinski definition) is 5. The van der Waals surface area contributed by atoms with Crippen LogP contribution in [0.25, 0.3) is 0 Å². The molecule has 164 valence electrons. The molecule has 1 unspecified atom stereocenters. The maximum absolute atomic E-state index is 13.2. The third-order valence-electron chi connectivity index (χ3n) is 6.66. The predicted octanol–water partition coefficient (Wildman–Crippen LogP) is 1.95. The lowest BCUT2D eigenvalue weighted by Crippen LogP contribution is -2.58. The molecule has 1 atom stereocenters. The zero-order chi connectivity index (χ0) is 22.0. The highest BCUT2D eigenvalue weighted by Gasteiger charge is 2.56. The minimum absolute atomic E-state index is 0.0102. The van der Waals surface area contributed by atoms with Gasteiger partial charge in [0, 0.05) is 44.0 Å². The van der Waals surface area contributed by atoms with Crippen LogP contribution in [0.5, 0.6) is 0 Å². The van der Waals surface area contributed by atoms with Crippen molar-refractivity contribution in [3.8, 4) is 0 Å². The van der Waals surface area contributed by atoms with Crippen LogP contribution in [-0.4, -0.2) is 69.6 Å². The lowest BCUT2D eigenvalue weighted by molar-refractivity contribution is -0.150. The fourth-order valence-electron chi connectivity index (χ4n) is 5.13. The molecule has 2 fully saturated rings. The van der Waals surface area contributed by atoms with Crippen LogP contribution in [0.2, 0.25) is 0 Å². The molecule has 1 spiro atoms. The van der Waals surface area contributed by atoms with E-state index in [4.69, 9.17) is 4.74 Å². The van der Waals surface area contributed by atoms with E-state index in [1.165, 1.54) is 7.11 Å². The zero-order valence-corrected chi connectivity index (χ0v) is 18.0. The van der Waals surface area contributed by atoms with Gasteiger partial charge in [0.1, 0.15) is 0 Å². The molecule has 0 aliphatic carbocycles. The molecule has 2 aromatic rings. The van der Waals surface area contributed by atoms with E-state index in [1.807, 2.05) is 57.9 Å². The van der Waals surface area contributed by atoms with Gasteiger partial charge in [-0.3, -0.25) is 19.1 Å². The second-order valence-electron chi connectivity index (χ2n) is 8.22. The average Bonchev–Trinajstić information content (AvgIpc) is 3.39. The Bertz CT molecular complexity index is 962. The molecule has 2 aliphatic rings. The molecule has 0 saturated carbocycles. The molecule has 1 aromatic heterocycles. The van der Waals surface area contributed by atoms with Gasteiger partial charge in [-0.25, -0.2) is 0 Å². The SMILES string of the molecule is CCN1C(=O)CC(C(=O)OC)C12CCN(C(=O)c1cccc(Cn3cccn3)c1)CC2. The number of methoxy groups -OCH3 is 1. The molecule has 1 aromatic carbocycles. The van der Waals surface area contributed by atoms with Gasteiger partial charge in [0.15, 0.2) is 0 Å². The number of rotatable bonds is 5. The Morgan fingerprint density at radius 2 is 2.00 bits per heavy atom. The first-order valence-electron chi connectivity index (χ1n) is 10.7. The van der Waals surface area contributed by atoms with E-state index in [-0.39, 0.29) is 24.2 Å². The van der Waals surface area contributed by atoms with E-state index >= 15 is 0 Å². The fraction of sp³-hybridized carbons (Fsp3) is 0.478. The molecule has 31 heavy (non-hydrogen) atoms. The van der Waals surface area contributed by atoms with Crippen LogP contribution in [0.1, 0.15) is 42.1 Å². The summed E-state index contributed by atoms with van der Waals surface area (Å²) in [6.07, 6.45) is 4.95. The Balaban J connectivity index is 1.48. The van der Waals surface area contributed by atoms with E-state index in [0.29, 0.717) is 44.6 Å². The van der Waals surface area contributed by atoms with Crippen molar-refractivity contribution in [1.82, 2.24) is 19.6 Å². The summed E-state index contributed by atoms with van der Waals surface area (Å²) in [6.45, 7) is 4.09. The van der Waals surface area contributed by atoms with Crippen LogP contribution in [0.3, 0.4) is 0 Å². The van der Waals surface area contributed by atoms with Crippen molar-refractivity contribution < 1.29 is 19.1 Å². The van der Waals surface area contributed by atoms with Crippen LogP contribution in [0.15, 0.2) is 42.7 Å². The van der Waals surface area contributed by atoms with Crippen LogP contribution in [0.4, 0.5) is 0 Å². The smallest absolute Gasteiger partial charge is 0.311 e. The lowest BCUT2D eigenvalue weighted by Gasteiger charge is -2.46. The second kappa shape index (κ2) is 8.53. The Labute approximate surface area is 181 Å². The number of likely N-dealkylation sites (tertiary alicyclic amines) is 2. The summed E-state index contributed by atoms with van der Waals surface area (Å²) in [5.74, 6) is -0.849. The Hall–Kier alpha value is -3.16. The topological polar surface area (TPSA) is 84.7 Å². The summed E-state index contributed by atoms with van der Waals surface area (Å²) in [7, 11) is 1.37. The van der Waals surface area contributed by atoms with Crippen molar-refractivity contribution in [3.63, 3.8) is 0 Å². The van der Waals surface area contributed by atoms with Crippen LogP contribution >= 0.6 is 0 Å². The summed E-state index contributed by atoms with van der Waals surface area (Å²) in [5.41, 5.74) is 1.09. The first-order chi connectivity index (χ1) is 15.0. The quantitative estimate of drug-likeness (QED) is 0.685. The lowest BCUT2D eigenvalue weighted by atomic mass is 9.76. The third-order valence-corrected chi connectivity index (χ3v) is 6.66. The van der Waals surface area contributed by atoms with Crippen molar-refractivity contribution in [2.45, 2.75) is 38.3 Å². The van der Waals surface area contributed by atoms with Gasteiger partial charge in [-0.2, -0.15) is 5.10 Å². The van der Waals surface area contributed by atoms with Gasteiger partial charge in [0.05, 0.1) is 25.1 Å². The standard InChI is InChI=1S/C23H28N4O4/c1-3-27-20(28)15-19(22(30)31-2)23(27)8-12-25(13-9-23)21(29)18-7-4-6-17(14-18)16-26-11-5-10-24-26/h4-7,10-11,14,19H,3,8-9,12-13,15-16H2,1-2H3. The first kappa shape index (κ1) is 21.1. The number of benzene rings is 1. The van der Waals surface area contributed by atoms with E-state index in [9.17, 15) is 14.4 Å². The maximum atomic E-state index is 13.2. The summed E-state index contributed by atoms with van der Waals surface area (Å²) < 4.78 is 6.81. The molecule has 2 saturated heterocycles. The van der Waals surface area contributed by atoms with Gasteiger partial charge >= 0.3 is 5.97 Å². The molecular weight excluding hydrogens is 396 g/mol. The van der Waals surface area contributed by atoms with Crippen molar-refractivity contribution >= 4 is 17.8 Å². The molecule has 0 radical (unpaired) electrons. The molecule has 0 bridgehead atoms. The molecule has 8 heteroatoms. The van der Waals surface area contributed by atoms with Gasteiger partial charge in [0.25, 0.3) is 5.91 Å². The number of piperidine rings is 1. The van der Waals surface area contributed by atoms with Crippen molar-refractivity contribution in [2.75, 3.05) is 26.7 Å². The van der Waals surface area contributed by atoms with Gasteiger partial charge in [-0.15, -0.1) is 0 Å². The number of aromatic nitrogens is 2. The molecule has 2 aliphatic heterocycles. The number of esters is 1. The summed E-state index contributed by atoms with van der Waals surface area (Å²) >= 11 is 0. The van der Waals surface area contributed by atoms with Gasteiger partial charge in [-0.05, 0) is 43.5 Å². The Morgan fingerprint density at radius 1 is 1.23 bits per heavy atom. The van der Waals surface area contributed by atoms with Gasteiger partial charge in [-0.1, -0.05) is 12.1 Å². The monoisotopic (exact) mass is 424 g/mol. The zero-order valence-electron chi connectivity index (χ0n) is 18.0. The largest absolute Gasteiger partial charge is 0.469 e. The highest BCUT2D eigenvalue weighted by molar-refractivity contribution is 5.94. The van der Waals surface area contributed by atoms with E-state index in [2.05, 4.69) is 5.10 Å². The van der Waals surface area contributed by atoms with Crippen molar-refractivity contribution in [2.24, 2.45) is 5.92 Å². The molecule has 0 N–H and O–H groups in total. The van der Waals surface area contributed by atoms with E-state index < -0.39 is 11.5 Å². The van der Waals surface area contributed by atoms with E-state index in [0.717, 1.165) is 5.56 Å². The molecule has 8 nitrogen and oxygen atoms in total. The van der Waals surface area contributed by atoms with Crippen molar-refractivity contribution in [1.29, 1.82) is 0 Å². The van der Waals surface area contributed by atoms with Crippen LogP contribution < -0.4 is 0 Å². The van der Waals surface area contributed by atoms with E-state index in [1.54, 1.807) is 6.20 Å². The average molecular weight is 425 g/mol. The van der Waals surface area contributed by atoms with Crippen molar-refractivity contribution in [3.05, 3.63) is 53.9 Å². The van der Waals surface area contributed by atoms with Gasteiger partial charge < -0.3 is 14.5 Å². The van der Waals surface area contributed by atoms with Gasteiger partial charge in [0.2, 0.25) is 5.91 Å². The second-order valence-corrected chi connectivity index (χ2v) is 8.22. The van der Waals surface area contributed by atoms with Crippen LogP contribution in [0, 0.1) is 5.92 Å². The number of carbonyl (C=O) groups excluding carboxylic acids is 3. The number of nitrogens with zero attached hydrogens (tertiary/aromatic N) is 4. The fourth-order valence-corrected chi connectivity index (χ4v) is 5.13. The highest BCUT2D eigenvalue weighted by Crippen LogP contribution is 2.44. The minimum atomic E-state index is -0.558. The molecular formula is C23H28N4O4. The Morgan fingerprint density at radius 3 is 2.65 bits per heavy atom. The first-order valence-corrected chi connectivity index (χ1v) is 10.7. The number of amides is 2. The third kappa shape index (κ3) is 3.82. The normalized spacial score (nSPS) is 20.3.